The molecule has 148 valence electrons. The molecule has 0 saturated carbocycles. The number of methoxy groups -OCH3 is 1. The van der Waals surface area contributed by atoms with Crippen molar-refractivity contribution in [3.8, 4) is 0 Å². The molecule has 11 heteroatoms. The molecule has 0 aliphatic carbocycles. The van der Waals surface area contributed by atoms with Crippen molar-refractivity contribution in [3.63, 3.8) is 0 Å². The molecule has 1 fully saturated rings. The second-order valence-electron chi connectivity index (χ2n) is 5.91. The molecule has 8 nitrogen and oxygen atoms in total. The number of hydrogen-bond donors (Lipinski definition) is 0. The molecule has 2 aromatic rings. The highest BCUT2D eigenvalue weighted by molar-refractivity contribution is 6.35. The average molecular weight is 430 g/mol. The number of hydrogen-bond acceptors (Lipinski definition) is 7. The van der Waals surface area contributed by atoms with Crippen LogP contribution in [0.2, 0.25) is 10.0 Å². The third kappa shape index (κ3) is 4.01. The van der Waals surface area contributed by atoms with Gasteiger partial charge < -0.3 is 14.4 Å². The first-order chi connectivity index (χ1) is 13.3. The quantitative estimate of drug-likeness (QED) is 0.315. The Kier molecular flexibility index (Phi) is 5.97. The highest BCUT2D eigenvalue weighted by Gasteiger charge is 2.30. The number of halogens is 3. The van der Waals surface area contributed by atoms with Crippen molar-refractivity contribution in [3.05, 3.63) is 61.5 Å². The summed E-state index contributed by atoms with van der Waals surface area (Å²) in [6.07, 6.45) is 0.558. The van der Waals surface area contributed by atoms with Crippen molar-refractivity contribution >= 4 is 40.7 Å². The summed E-state index contributed by atoms with van der Waals surface area (Å²) in [5.41, 5.74) is -0.00962. The van der Waals surface area contributed by atoms with Crippen LogP contribution in [-0.4, -0.2) is 42.7 Å². The van der Waals surface area contributed by atoms with E-state index in [-0.39, 0.29) is 40.3 Å². The van der Waals surface area contributed by atoms with Crippen molar-refractivity contribution in [2.24, 2.45) is 0 Å². The van der Waals surface area contributed by atoms with Crippen LogP contribution in [0.4, 0.5) is 15.9 Å². The maximum Gasteiger partial charge on any atom is 0.339 e. The first-order valence-corrected chi connectivity index (χ1v) is 8.81. The van der Waals surface area contributed by atoms with Crippen molar-refractivity contribution < 1.29 is 23.6 Å². The fourth-order valence-corrected chi connectivity index (χ4v) is 3.37. The van der Waals surface area contributed by atoms with Crippen LogP contribution < -0.4 is 4.90 Å². The van der Waals surface area contributed by atoms with Crippen LogP contribution in [0.1, 0.15) is 22.0 Å². The van der Waals surface area contributed by atoms with Gasteiger partial charge in [-0.3, -0.25) is 10.1 Å². The Morgan fingerprint density at radius 2 is 2.14 bits per heavy atom. The van der Waals surface area contributed by atoms with Gasteiger partial charge in [0.25, 0.3) is 0 Å². The first kappa shape index (κ1) is 20.2. The molecule has 1 aliphatic rings. The van der Waals surface area contributed by atoms with Crippen molar-refractivity contribution in [1.82, 2.24) is 4.98 Å². The molecule has 3 rings (SSSR count). The predicted molar refractivity (Wildman–Crippen MR) is 99.6 cm³/mol. The van der Waals surface area contributed by atoms with Crippen LogP contribution in [0, 0.1) is 15.9 Å². The average Bonchev–Trinajstić information content (AvgIpc) is 2.69. The van der Waals surface area contributed by atoms with Gasteiger partial charge in [0.15, 0.2) is 0 Å². The number of ether oxygens (including phenoxy) is 2. The number of nitrogens with zero attached hydrogens (tertiary/aromatic N) is 3. The summed E-state index contributed by atoms with van der Waals surface area (Å²) in [5, 5.41) is 11.6. The molecular formula is C17H14Cl2FN3O5. The van der Waals surface area contributed by atoms with E-state index in [1.807, 2.05) is 0 Å². The smallest absolute Gasteiger partial charge is 0.339 e. The first-order valence-electron chi connectivity index (χ1n) is 8.05. The number of carbonyl (C=O) groups is 1. The lowest BCUT2D eigenvalue weighted by Gasteiger charge is -2.34. The van der Waals surface area contributed by atoms with E-state index in [0.717, 1.165) is 6.07 Å². The molecule has 0 radical (unpaired) electrons. The third-order valence-corrected chi connectivity index (χ3v) is 4.83. The van der Waals surface area contributed by atoms with Gasteiger partial charge in [0.1, 0.15) is 11.9 Å². The fraction of sp³-hybridized carbons (Fsp3) is 0.294. The second kappa shape index (κ2) is 8.26. The summed E-state index contributed by atoms with van der Waals surface area (Å²) < 4.78 is 24.1. The minimum absolute atomic E-state index is 0.0365. The minimum atomic E-state index is -0.731. The Morgan fingerprint density at radius 1 is 1.39 bits per heavy atom. The lowest BCUT2D eigenvalue weighted by molar-refractivity contribution is -0.384. The van der Waals surface area contributed by atoms with Gasteiger partial charge in [0.2, 0.25) is 5.82 Å². The number of nitro groups is 1. The highest BCUT2D eigenvalue weighted by Crippen LogP contribution is 2.35. The van der Waals surface area contributed by atoms with E-state index in [1.165, 1.54) is 25.4 Å². The molecule has 0 N–H and O–H groups in total. The monoisotopic (exact) mass is 429 g/mol. The zero-order valence-corrected chi connectivity index (χ0v) is 16.0. The Balaban J connectivity index is 1.93. The number of rotatable bonds is 4. The van der Waals surface area contributed by atoms with Gasteiger partial charge in [0.05, 0.1) is 35.8 Å². The third-order valence-electron chi connectivity index (χ3n) is 4.22. The van der Waals surface area contributed by atoms with E-state index >= 15 is 0 Å². The van der Waals surface area contributed by atoms with Gasteiger partial charge in [-0.15, -0.1) is 0 Å². The number of pyridine rings is 1. The SMILES string of the molecule is COC(=O)c1cnc(N2CCOC(c3cc(F)c(Cl)cc3Cl)C2)c([N+](=O)[O-])c1. The Bertz CT molecular complexity index is 943. The van der Waals surface area contributed by atoms with Gasteiger partial charge in [-0.2, -0.15) is 0 Å². The van der Waals surface area contributed by atoms with E-state index in [2.05, 4.69) is 9.72 Å². The molecule has 1 unspecified atom stereocenters. The molecule has 0 amide bonds. The molecule has 0 spiro atoms. The molecule has 1 saturated heterocycles. The van der Waals surface area contributed by atoms with Gasteiger partial charge in [-0.1, -0.05) is 23.2 Å². The zero-order chi connectivity index (χ0) is 20.4. The molecule has 28 heavy (non-hydrogen) atoms. The number of anilines is 1. The largest absolute Gasteiger partial charge is 0.465 e. The second-order valence-corrected chi connectivity index (χ2v) is 6.72. The Morgan fingerprint density at radius 3 is 2.82 bits per heavy atom. The zero-order valence-electron chi connectivity index (χ0n) is 14.5. The van der Waals surface area contributed by atoms with Crippen molar-refractivity contribution in [1.29, 1.82) is 0 Å². The van der Waals surface area contributed by atoms with E-state index in [1.54, 1.807) is 4.90 Å². The minimum Gasteiger partial charge on any atom is -0.465 e. The summed E-state index contributed by atoms with van der Waals surface area (Å²) in [7, 11) is 1.17. The summed E-state index contributed by atoms with van der Waals surface area (Å²) in [6, 6.07) is 3.57. The van der Waals surface area contributed by atoms with Gasteiger partial charge in [-0.05, 0) is 12.1 Å². The van der Waals surface area contributed by atoms with Crippen molar-refractivity contribution in [2.45, 2.75) is 6.10 Å². The predicted octanol–water partition coefficient (Wildman–Crippen LogP) is 3.80. The van der Waals surface area contributed by atoms with E-state index in [4.69, 9.17) is 27.9 Å². The van der Waals surface area contributed by atoms with Crippen LogP contribution in [-0.2, 0) is 9.47 Å². The summed E-state index contributed by atoms with van der Waals surface area (Å²) in [4.78, 5) is 28.2. The normalized spacial score (nSPS) is 16.7. The van der Waals surface area contributed by atoms with Crippen molar-refractivity contribution in [2.75, 3.05) is 31.7 Å². The summed E-state index contributed by atoms with van der Waals surface area (Å²) >= 11 is 11.9. The standard InChI is InChI=1S/C17H14Cl2FN3O5/c1-27-17(24)9-4-14(23(25)26)16(21-7-9)22-2-3-28-15(8-22)10-5-13(20)12(19)6-11(10)18/h4-7,15H,2-3,8H2,1H3. The number of morpholine rings is 1. The number of aromatic nitrogens is 1. The van der Waals surface area contributed by atoms with Crippen LogP contribution in [0.25, 0.3) is 0 Å². The lowest BCUT2D eigenvalue weighted by Crippen LogP contribution is -2.39. The molecule has 1 aromatic carbocycles. The van der Waals surface area contributed by atoms with E-state index in [9.17, 15) is 19.3 Å². The van der Waals surface area contributed by atoms with Crippen LogP contribution >= 0.6 is 23.2 Å². The van der Waals surface area contributed by atoms with Crippen LogP contribution in [0.3, 0.4) is 0 Å². The van der Waals surface area contributed by atoms with E-state index < -0.39 is 22.8 Å². The topological polar surface area (TPSA) is 94.8 Å². The fourth-order valence-electron chi connectivity index (χ4n) is 2.87. The maximum atomic E-state index is 13.9. The number of esters is 1. The van der Waals surface area contributed by atoms with E-state index in [0.29, 0.717) is 12.1 Å². The molecule has 1 aromatic heterocycles. The summed E-state index contributed by atoms with van der Waals surface area (Å²) in [5.74, 6) is -1.31. The molecule has 1 aliphatic heterocycles. The van der Waals surface area contributed by atoms with Gasteiger partial charge >= 0.3 is 11.7 Å². The van der Waals surface area contributed by atoms with Gasteiger partial charge in [-0.25, -0.2) is 14.2 Å². The molecular weight excluding hydrogens is 416 g/mol. The Hall–Kier alpha value is -2.49. The maximum absolute atomic E-state index is 13.9. The van der Waals surface area contributed by atoms with Gasteiger partial charge in [0, 0.05) is 29.4 Å². The molecule has 0 bridgehead atoms. The number of benzene rings is 1. The van der Waals surface area contributed by atoms with Crippen LogP contribution in [0.5, 0.6) is 0 Å². The molecule has 1 atom stereocenters. The highest BCUT2D eigenvalue weighted by atomic mass is 35.5. The van der Waals surface area contributed by atoms with Crippen LogP contribution in [0.15, 0.2) is 24.4 Å². The Labute approximate surface area is 168 Å². The summed E-state index contributed by atoms with van der Waals surface area (Å²) in [6.45, 7) is 0.671. The molecule has 2 heterocycles. The lowest BCUT2D eigenvalue weighted by atomic mass is 10.1. The number of carbonyl (C=O) groups excluding carboxylic acids is 1.